The van der Waals surface area contributed by atoms with E-state index in [1.165, 1.54) is 0 Å². The molecule has 1 amide bonds. The molecular formula is C14H25NO4. The molecule has 0 heterocycles. The van der Waals surface area contributed by atoms with Crippen molar-refractivity contribution in [2.45, 2.75) is 58.5 Å². The van der Waals surface area contributed by atoms with Crippen LogP contribution in [0.4, 0.5) is 4.79 Å². The molecule has 0 aromatic carbocycles. The van der Waals surface area contributed by atoms with Crippen LogP contribution in [0, 0.1) is 11.8 Å². The number of carboxylic acids is 1. The Morgan fingerprint density at radius 3 is 2.47 bits per heavy atom. The summed E-state index contributed by atoms with van der Waals surface area (Å²) in [5.41, 5.74) is -0.484. The normalized spacial score (nSPS) is 24.4. The first-order chi connectivity index (χ1) is 8.78. The topological polar surface area (TPSA) is 75.6 Å². The highest BCUT2D eigenvalue weighted by molar-refractivity contribution is 5.70. The molecule has 0 spiro atoms. The van der Waals surface area contributed by atoms with Gasteiger partial charge in [-0.15, -0.1) is 0 Å². The Morgan fingerprint density at radius 2 is 1.89 bits per heavy atom. The third kappa shape index (κ3) is 6.45. The second-order valence-corrected chi connectivity index (χ2v) is 6.29. The Bertz CT molecular complexity index is 322. The summed E-state index contributed by atoms with van der Waals surface area (Å²) in [5.74, 6) is -0.552. The lowest BCUT2D eigenvalue weighted by Crippen LogP contribution is -2.35. The van der Waals surface area contributed by atoms with Crippen molar-refractivity contribution < 1.29 is 19.4 Å². The molecule has 0 radical (unpaired) electrons. The molecule has 0 saturated heterocycles. The minimum absolute atomic E-state index is 0.216. The Kier molecular flexibility index (Phi) is 5.63. The lowest BCUT2D eigenvalue weighted by molar-refractivity contribution is -0.142. The number of aliphatic carboxylic acids is 1. The highest BCUT2D eigenvalue weighted by Gasteiger charge is 2.24. The predicted octanol–water partition coefficient (Wildman–Crippen LogP) is 2.79. The molecule has 1 rings (SSSR count). The smallest absolute Gasteiger partial charge is 0.407 e. The number of carbonyl (C=O) groups excluding carboxylic acids is 1. The van der Waals surface area contributed by atoms with Gasteiger partial charge < -0.3 is 15.2 Å². The molecule has 0 bridgehead atoms. The first-order valence-corrected chi connectivity index (χ1v) is 6.97. The fourth-order valence-electron chi connectivity index (χ4n) is 2.37. The third-order valence-electron chi connectivity index (χ3n) is 3.37. The monoisotopic (exact) mass is 271 g/mol. The lowest BCUT2D eigenvalue weighted by Gasteiger charge is -2.21. The summed E-state index contributed by atoms with van der Waals surface area (Å²) in [4.78, 5) is 22.5. The molecule has 1 aliphatic carbocycles. The maximum Gasteiger partial charge on any atom is 0.407 e. The Labute approximate surface area is 114 Å². The van der Waals surface area contributed by atoms with Crippen LogP contribution in [-0.4, -0.2) is 29.3 Å². The van der Waals surface area contributed by atoms with Crippen LogP contribution in [0.25, 0.3) is 0 Å². The van der Waals surface area contributed by atoms with Gasteiger partial charge in [-0.2, -0.15) is 0 Å². The van der Waals surface area contributed by atoms with Crippen LogP contribution >= 0.6 is 0 Å². The molecule has 5 heteroatoms. The van der Waals surface area contributed by atoms with Crippen LogP contribution in [0.15, 0.2) is 0 Å². The van der Waals surface area contributed by atoms with Crippen molar-refractivity contribution in [1.82, 2.24) is 5.32 Å². The van der Waals surface area contributed by atoms with Crippen molar-refractivity contribution in [2.24, 2.45) is 11.8 Å². The quantitative estimate of drug-likeness (QED) is 0.774. The number of alkyl carbamates (subject to hydrolysis) is 1. The van der Waals surface area contributed by atoms with E-state index >= 15 is 0 Å². The van der Waals surface area contributed by atoms with Crippen molar-refractivity contribution >= 4 is 12.1 Å². The Morgan fingerprint density at radius 1 is 1.21 bits per heavy atom. The summed E-state index contributed by atoms with van der Waals surface area (Å²) in [6.07, 6.45) is 3.80. The second-order valence-electron chi connectivity index (χ2n) is 6.29. The van der Waals surface area contributed by atoms with E-state index in [1.807, 2.05) is 20.8 Å². The van der Waals surface area contributed by atoms with Crippen molar-refractivity contribution in [3.05, 3.63) is 0 Å². The summed E-state index contributed by atoms with van der Waals surface area (Å²) in [6, 6.07) is 0. The van der Waals surface area contributed by atoms with Crippen LogP contribution in [0.3, 0.4) is 0 Å². The van der Waals surface area contributed by atoms with Gasteiger partial charge in [0.25, 0.3) is 0 Å². The number of carboxylic acid groups (broad SMARTS) is 1. The van der Waals surface area contributed by atoms with E-state index in [0.717, 1.165) is 25.7 Å². The van der Waals surface area contributed by atoms with Gasteiger partial charge in [0.1, 0.15) is 5.60 Å². The molecule has 19 heavy (non-hydrogen) atoms. The lowest BCUT2D eigenvalue weighted by atomic mass is 9.98. The number of nitrogens with one attached hydrogen (secondary N) is 1. The molecule has 2 unspecified atom stereocenters. The number of hydrogen-bond acceptors (Lipinski definition) is 3. The van der Waals surface area contributed by atoms with Gasteiger partial charge in [0.2, 0.25) is 0 Å². The van der Waals surface area contributed by atoms with Crippen LogP contribution in [0.1, 0.15) is 52.9 Å². The minimum atomic E-state index is -0.694. The second kappa shape index (κ2) is 6.78. The molecule has 0 aliphatic heterocycles. The summed E-state index contributed by atoms with van der Waals surface area (Å²) in [7, 11) is 0. The van der Waals surface area contributed by atoms with Crippen LogP contribution in [0.5, 0.6) is 0 Å². The van der Waals surface area contributed by atoms with E-state index in [0.29, 0.717) is 18.9 Å². The highest BCUT2D eigenvalue weighted by Crippen LogP contribution is 2.27. The molecule has 2 N–H and O–H groups in total. The van der Waals surface area contributed by atoms with Gasteiger partial charge in [0.15, 0.2) is 0 Å². The molecule has 5 nitrogen and oxygen atoms in total. The Hall–Kier alpha value is -1.26. The Balaban J connectivity index is 2.30. The first kappa shape index (κ1) is 15.8. The zero-order valence-electron chi connectivity index (χ0n) is 12.1. The van der Waals surface area contributed by atoms with Crippen molar-refractivity contribution in [3.63, 3.8) is 0 Å². The molecule has 1 fully saturated rings. The van der Waals surface area contributed by atoms with Crippen LogP contribution in [-0.2, 0) is 9.53 Å². The third-order valence-corrected chi connectivity index (χ3v) is 3.37. The van der Waals surface area contributed by atoms with E-state index in [-0.39, 0.29) is 5.92 Å². The van der Waals surface area contributed by atoms with Crippen LogP contribution in [0.2, 0.25) is 0 Å². The predicted molar refractivity (Wildman–Crippen MR) is 71.9 cm³/mol. The average Bonchev–Trinajstić information content (AvgIpc) is 2.49. The SMILES string of the molecule is CC(C)(C)OC(=O)NCC1CCCC(C(=O)O)CC1. The van der Waals surface area contributed by atoms with Gasteiger partial charge in [-0.1, -0.05) is 6.42 Å². The zero-order chi connectivity index (χ0) is 14.5. The van der Waals surface area contributed by atoms with Crippen molar-refractivity contribution in [2.75, 3.05) is 6.54 Å². The van der Waals surface area contributed by atoms with Gasteiger partial charge in [0, 0.05) is 6.54 Å². The van der Waals surface area contributed by atoms with E-state index in [4.69, 9.17) is 9.84 Å². The number of hydrogen-bond donors (Lipinski definition) is 2. The largest absolute Gasteiger partial charge is 0.481 e. The molecule has 1 aliphatic rings. The van der Waals surface area contributed by atoms with Crippen molar-refractivity contribution in [1.29, 1.82) is 0 Å². The fourth-order valence-corrected chi connectivity index (χ4v) is 2.37. The fraction of sp³-hybridized carbons (Fsp3) is 0.857. The van der Waals surface area contributed by atoms with Crippen LogP contribution < -0.4 is 5.32 Å². The summed E-state index contributed by atoms with van der Waals surface area (Å²) in [6.45, 7) is 6.06. The van der Waals surface area contributed by atoms with Gasteiger partial charge in [-0.05, 0) is 52.4 Å². The molecule has 1 saturated carbocycles. The standard InChI is InChI=1S/C14H25NO4/c1-14(2,3)19-13(18)15-9-10-5-4-6-11(8-7-10)12(16)17/h10-11H,4-9H2,1-3H3,(H,15,18)(H,16,17). The first-order valence-electron chi connectivity index (χ1n) is 6.97. The molecule has 2 atom stereocenters. The van der Waals surface area contributed by atoms with Gasteiger partial charge in [0.05, 0.1) is 5.92 Å². The highest BCUT2D eigenvalue weighted by atomic mass is 16.6. The number of ether oxygens (including phenoxy) is 1. The summed E-state index contributed by atoms with van der Waals surface area (Å²) >= 11 is 0. The maximum absolute atomic E-state index is 11.5. The van der Waals surface area contributed by atoms with E-state index in [2.05, 4.69) is 5.32 Å². The van der Waals surface area contributed by atoms with Gasteiger partial charge in [-0.25, -0.2) is 4.79 Å². The van der Waals surface area contributed by atoms with E-state index in [9.17, 15) is 9.59 Å². The molecule has 0 aromatic heterocycles. The molecule has 0 aromatic rings. The summed E-state index contributed by atoms with van der Waals surface area (Å²) < 4.78 is 5.18. The number of amides is 1. The number of carbonyl (C=O) groups is 2. The minimum Gasteiger partial charge on any atom is -0.481 e. The zero-order valence-corrected chi connectivity index (χ0v) is 12.1. The maximum atomic E-state index is 11.5. The van der Waals surface area contributed by atoms with Crippen molar-refractivity contribution in [3.8, 4) is 0 Å². The van der Waals surface area contributed by atoms with E-state index in [1.54, 1.807) is 0 Å². The average molecular weight is 271 g/mol. The van der Waals surface area contributed by atoms with E-state index < -0.39 is 17.7 Å². The summed E-state index contributed by atoms with van der Waals surface area (Å²) in [5, 5.41) is 11.8. The number of rotatable bonds is 3. The molecule has 110 valence electrons. The van der Waals surface area contributed by atoms with Gasteiger partial charge >= 0.3 is 12.1 Å². The van der Waals surface area contributed by atoms with Gasteiger partial charge in [-0.3, -0.25) is 4.79 Å². The molecular weight excluding hydrogens is 246 g/mol.